The Bertz CT molecular complexity index is 1290. The Labute approximate surface area is 184 Å². The maximum Gasteiger partial charge on any atom is 0.281 e. The highest BCUT2D eigenvalue weighted by Crippen LogP contribution is 2.26. The van der Waals surface area contributed by atoms with Crippen molar-refractivity contribution in [1.82, 2.24) is 14.9 Å². The zero-order chi connectivity index (χ0) is 23.0. The molecule has 0 aliphatic carbocycles. The van der Waals surface area contributed by atoms with E-state index in [1.807, 2.05) is 51.1 Å². The van der Waals surface area contributed by atoms with Gasteiger partial charge in [-0.25, -0.2) is 4.99 Å². The molecule has 0 radical (unpaired) electrons. The van der Waals surface area contributed by atoms with Crippen molar-refractivity contribution in [3.8, 4) is 11.3 Å². The van der Waals surface area contributed by atoms with Gasteiger partial charge in [-0.15, -0.1) is 0 Å². The van der Waals surface area contributed by atoms with Crippen LogP contribution in [0.4, 0.5) is 5.82 Å². The fourth-order valence-corrected chi connectivity index (χ4v) is 2.94. The molecule has 3 aromatic rings. The quantitative estimate of drug-likeness (QED) is 0.634. The maximum atomic E-state index is 12.9. The van der Waals surface area contributed by atoms with Gasteiger partial charge >= 0.3 is 0 Å². The lowest BCUT2D eigenvalue weighted by molar-refractivity contribution is -0.113. The molecule has 4 rings (SSSR count). The third-order valence-electron chi connectivity index (χ3n) is 4.87. The van der Waals surface area contributed by atoms with E-state index in [4.69, 9.17) is 4.52 Å². The lowest BCUT2D eigenvalue weighted by atomic mass is 9.92. The van der Waals surface area contributed by atoms with Crippen LogP contribution in [0.1, 0.15) is 43.9 Å². The molecule has 1 aromatic carbocycles. The summed E-state index contributed by atoms with van der Waals surface area (Å²) in [6, 6.07) is 12.6. The summed E-state index contributed by atoms with van der Waals surface area (Å²) in [6.07, 6.45) is 0. The first-order valence-electron chi connectivity index (χ1n) is 9.95. The van der Waals surface area contributed by atoms with Gasteiger partial charge in [-0.3, -0.25) is 9.59 Å². The van der Waals surface area contributed by atoms with Gasteiger partial charge in [0.15, 0.2) is 11.5 Å². The zero-order valence-electron chi connectivity index (χ0n) is 18.2. The fourth-order valence-electron chi connectivity index (χ4n) is 2.94. The topological polar surface area (TPSA) is 115 Å². The largest absolute Gasteiger partial charge is 0.355 e. The van der Waals surface area contributed by atoms with E-state index in [1.165, 1.54) is 4.68 Å². The number of nitrogens with zero attached hydrogens (tertiary/aromatic N) is 5. The van der Waals surface area contributed by atoms with E-state index in [0.717, 1.165) is 5.56 Å². The minimum atomic E-state index is -0.499. The van der Waals surface area contributed by atoms with Crippen LogP contribution in [-0.4, -0.2) is 38.4 Å². The molecule has 0 atom stereocenters. The number of hydrogen-bond acceptors (Lipinski definition) is 6. The van der Waals surface area contributed by atoms with Gasteiger partial charge in [0.1, 0.15) is 5.82 Å². The number of hydrogen-bond donors (Lipinski definition) is 1. The third-order valence-corrected chi connectivity index (χ3v) is 4.87. The van der Waals surface area contributed by atoms with Crippen LogP contribution in [0.5, 0.6) is 0 Å². The van der Waals surface area contributed by atoms with Crippen LogP contribution >= 0.6 is 0 Å². The number of amides is 2. The second-order valence-corrected chi connectivity index (χ2v) is 8.37. The predicted octanol–water partition coefficient (Wildman–Crippen LogP) is 3.85. The van der Waals surface area contributed by atoms with Crippen LogP contribution in [0, 0.1) is 0 Å². The number of carbonyl (C=O) groups is 2. The summed E-state index contributed by atoms with van der Waals surface area (Å²) in [7, 11) is 0. The molecule has 9 nitrogen and oxygen atoms in total. The number of benzene rings is 1. The van der Waals surface area contributed by atoms with Crippen molar-refractivity contribution in [2.75, 3.05) is 5.32 Å². The van der Waals surface area contributed by atoms with Gasteiger partial charge in [0, 0.05) is 23.1 Å². The minimum absolute atomic E-state index is 0.0517. The first kappa shape index (κ1) is 21.1. The number of anilines is 1. The van der Waals surface area contributed by atoms with Crippen molar-refractivity contribution in [3.05, 3.63) is 66.0 Å². The predicted molar refractivity (Wildman–Crippen MR) is 121 cm³/mol. The van der Waals surface area contributed by atoms with E-state index in [9.17, 15) is 9.59 Å². The van der Waals surface area contributed by atoms with Crippen LogP contribution in [-0.2, 0) is 10.2 Å². The van der Waals surface area contributed by atoms with Crippen LogP contribution in [0.2, 0.25) is 0 Å². The molecule has 2 amide bonds. The van der Waals surface area contributed by atoms with Crippen LogP contribution in [0.3, 0.4) is 0 Å². The van der Waals surface area contributed by atoms with E-state index in [0.29, 0.717) is 23.0 Å². The molecule has 1 N–H and O–H groups in total. The van der Waals surface area contributed by atoms with E-state index < -0.39 is 11.8 Å². The highest BCUT2D eigenvalue weighted by atomic mass is 16.5. The zero-order valence-corrected chi connectivity index (χ0v) is 18.2. The summed E-state index contributed by atoms with van der Waals surface area (Å²) in [5.74, 6) is -0.164. The molecule has 0 saturated heterocycles. The van der Waals surface area contributed by atoms with Gasteiger partial charge in [0.25, 0.3) is 17.8 Å². The highest BCUT2D eigenvalue weighted by Gasteiger charge is 2.26. The second kappa shape index (κ2) is 7.84. The summed E-state index contributed by atoms with van der Waals surface area (Å²) in [5.41, 5.74) is 1.93. The fraction of sp³-hybridized carbons (Fsp3) is 0.217. The lowest BCUT2D eigenvalue weighted by Gasteiger charge is -2.14. The number of rotatable bonds is 3. The van der Waals surface area contributed by atoms with E-state index in [2.05, 4.69) is 32.1 Å². The Morgan fingerprint density at radius 1 is 1.12 bits per heavy atom. The Hall–Kier alpha value is -4.14. The first-order chi connectivity index (χ1) is 15.1. The molecule has 2 aromatic heterocycles. The van der Waals surface area contributed by atoms with Gasteiger partial charge in [-0.1, -0.05) is 62.8 Å². The number of nitrogens with one attached hydrogen (secondary N) is 1. The van der Waals surface area contributed by atoms with Gasteiger partial charge in [0.05, 0.1) is 17.0 Å². The molecule has 3 heterocycles. The van der Waals surface area contributed by atoms with E-state index in [1.54, 1.807) is 19.1 Å². The summed E-state index contributed by atoms with van der Waals surface area (Å²) < 4.78 is 6.66. The Morgan fingerprint density at radius 3 is 2.50 bits per heavy atom. The molecule has 0 saturated carbocycles. The van der Waals surface area contributed by atoms with Crippen molar-refractivity contribution in [2.45, 2.75) is 33.1 Å². The average Bonchev–Trinajstić information content (AvgIpc) is 3.40. The molecule has 0 bridgehead atoms. The van der Waals surface area contributed by atoms with Gasteiger partial charge in [-0.05, 0) is 6.92 Å². The molecule has 1 aliphatic rings. The highest BCUT2D eigenvalue weighted by molar-refractivity contribution is 6.28. The standard InChI is InChI=1S/C23H22N6O3/c1-13-14(2)24-22(26-20(13)30)29-19(12-18(27-29)23(3,4)5)25-21(31)16-11-17(32-28-16)15-9-7-6-8-10-15/h6-12H,1H2,2-5H3,(H,25,31). The maximum absolute atomic E-state index is 12.9. The van der Waals surface area contributed by atoms with Gasteiger partial charge in [0.2, 0.25) is 0 Å². The van der Waals surface area contributed by atoms with E-state index in [-0.39, 0.29) is 22.6 Å². The molecular weight excluding hydrogens is 408 g/mol. The van der Waals surface area contributed by atoms with Crippen molar-refractivity contribution < 1.29 is 14.1 Å². The minimum Gasteiger partial charge on any atom is -0.355 e. The Morgan fingerprint density at radius 2 is 1.84 bits per heavy atom. The first-order valence-corrected chi connectivity index (χ1v) is 9.95. The SMILES string of the molecule is C=C1C(=O)N=C(n2nc(C(C)(C)C)cc2NC(=O)c2cc(-c3ccccc3)on2)N=C1C. The summed E-state index contributed by atoms with van der Waals surface area (Å²) in [6.45, 7) is 11.3. The third kappa shape index (κ3) is 4.04. The lowest BCUT2D eigenvalue weighted by Crippen LogP contribution is -2.25. The van der Waals surface area contributed by atoms with Crippen molar-refractivity contribution in [1.29, 1.82) is 0 Å². The number of aliphatic imine (C=N–C) groups is 2. The molecule has 9 heteroatoms. The van der Waals surface area contributed by atoms with Crippen molar-refractivity contribution in [3.63, 3.8) is 0 Å². The summed E-state index contributed by atoms with van der Waals surface area (Å²) in [4.78, 5) is 33.4. The average molecular weight is 430 g/mol. The molecule has 32 heavy (non-hydrogen) atoms. The Kier molecular flexibility index (Phi) is 5.17. The van der Waals surface area contributed by atoms with Crippen LogP contribution in [0.15, 0.2) is 69.1 Å². The van der Waals surface area contributed by atoms with Gasteiger partial charge in [-0.2, -0.15) is 14.8 Å². The normalized spacial score (nSPS) is 14.2. The molecule has 0 spiro atoms. The van der Waals surface area contributed by atoms with Crippen LogP contribution in [0.25, 0.3) is 11.3 Å². The molecule has 0 unspecified atom stereocenters. The van der Waals surface area contributed by atoms with Crippen molar-refractivity contribution >= 4 is 29.3 Å². The van der Waals surface area contributed by atoms with Crippen LogP contribution < -0.4 is 5.32 Å². The molecule has 1 aliphatic heterocycles. The number of carbonyl (C=O) groups excluding carboxylic acids is 2. The summed E-state index contributed by atoms with van der Waals surface area (Å²) >= 11 is 0. The monoisotopic (exact) mass is 430 g/mol. The Balaban J connectivity index is 1.68. The van der Waals surface area contributed by atoms with E-state index >= 15 is 0 Å². The molecule has 162 valence electrons. The van der Waals surface area contributed by atoms with Gasteiger partial charge < -0.3 is 9.84 Å². The summed E-state index contributed by atoms with van der Waals surface area (Å²) in [5, 5.41) is 11.2. The number of aromatic nitrogens is 3. The van der Waals surface area contributed by atoms with Crippen molar-refractivity contribution in [2.24, 2.45) is 9.98 Å². The smallest absolute Gasteiger partial charge is 0.281 e. The molecular formula is C23H22N6O3. The second-order valence-electron chi connectivity index (χ2n) is 8.37. The molecule has 0 fully saturated rings.